The van der Waals surface area contributed by atoms with Crippen LogP contribution in [0.2, 0.25) is 0 Å². The number of amidine groups is 1. The zero-order valence-corrected chi connectivity index (χ0v) is 18.5. The minimum atomic E-state index is 0.901. The second-order valence-corrected chi connectivity index (χ2v) is 7.71. The molecule has 0 radical (unpaired) electrons. The number of aryl methyl sites for hydroxylation is 1. The van der Waals surface area contributed by atoms with E-state index in [2.05, 4.69) is 70.9 Å². The van der Waals surface area contributed by atoms with E-state index < -0.39 is 0 Å². The zero-order valence-electron chi connectivity index (χ0n) is 18.5. The highest BCUT2D eigenvalue weighted by Gasteiger charge is 2.21. The Hall–Kier alpha value is -2.53. The Morgan fingerprint density at radius 1 is 1.28 bits per heavy atom. The lowest BCUT2D eigenvalue weighted by Crippen LogP contribution is -2.47. The van der Waals surface area contributed by atoms with Gasteiger partial charge in [-0.3, -0.25) is 9.89 Å². The Morgan fingerprint density at radius 3 is 2.69 bits per heavy atom. The number of allylic oxidation sites excluding steroid dienone is 3. The van der Waals surface area contributed by atoms with Crippen molar-refractivity contribution in [1.82, 2.24) is 14.8 Å². The number of hydrogen-bond acceptors (Lipinski definition) is 3. The van der Waals surface area contributed by atoms with Crippen molar-refractivity contribution in [2.75, 3.05) is 40.3 Å². The number of aromatic amines is 1. The van der Waals surface area contributed by atoms with Crippen molar-refractivity contribution in [3.63, 3.8) is 0 Å². The number of nitrogens with one attached hydrogen (secondary N) is 1. The van der Waals surface area contributed by atoms with Crippen molar-refractivity contribution in [1.29, 1.82) is 0 Å². The average Bonchev–Trinajstić information content (AvgIpc) is 3.24. The first-order chi connectivity index (χ1) is 14.1. The number of aromatic nitrogens is 1. The van der Waals surface area contributed by atoms with Gasteiger partial charge in [0.1, 0.15) is 11.6 Å². The second kappa shape index (κ2) is 9.79. The fourth-order valence-electron chi connectivity index (χ4n) is 3.88. The standard InChI is InChI=1S/C24H34N4O/c1-6-18(2)8-7-9-23(25-4)28-14-12-27(13-15-28)17-21-20-10-11-26-24(20)19(3)16-22(21)29-5/h7-11,16,26H,6,12-15,17H2,1-5H3/b9-7-,18-8+,25-23?. The largest absolute Gasteiger partial charge is 0.496 e. The maximum absolute atomic E-state index is 5.71. The van der Waals surface area contributed by atoms with Gasteiger partial charge in [-0.15, -0.1) is 0 Å². The Bertz CT molecular complexity index is 914. The van der Waals surface area contributed by atoms with Crippen LogP contribution in [0.4, 0.5) is 0 Å². The lowest BCUT2D eigenvalue weighted by molar-refractivity contribution is 0.175. The van der Waals surface area contributed by atoms with Gasteiger partial charge >= 0.3 is 0 Å². The van der Waals surface area contributed by atoms with E-state index in [9.17, 15) is 0 Å². The molecule has 0 spiro atoms. The monoisotopic (exact) mass is 394 g/mol. The summed E-state index contributed by atoms with van der Waals surface area (Å²) in [7, 11) is 3.64. The molecule has 1 aromatic heterocycles. The molecule has 3 rings (SSSR count). The fraction of sp³-hybridized carbons (Fsp3) is 0.458. The lowest BCUT2D eigenvalue weighted by Gasteiger charge is -2.36. The zero-order chi connectivity index (χ0) is 20.8. The van der Waals surface area contributed by atoms with Crippen LogP contribution >= 0.6 is 0 Å². The average molecular weight is 395 g/mol. The van der Waals surface area contributed by atoms with Crippen LogP contribution in [0.15, 0.2) is 47.1 Å². The molecule has 2 aromatic rings. The smallest absolute Gasteiger partial charge is 0.124 e. The number of benzene rings is 1. The van der Waals surface area contributed by atoms with Crippen LogP contribution < -0.4 is 4.74 Å². The summed E-state index contributed by atoms with van der Waals surface area (Å²) in [5, 5.41) is 1.26. The number of fused-ring (bicyclic) bond motifs is 1. The molecule has 0 bridgehead atoms. The van der Waals surface area contributed by atoms with Crippen LogP contribution in [0.3, 0.4) is 0 Å². The summed E-state index contributed by atoms with van der Waals surface area (Å²) in [6, 6.07) is 4.30. The van der Waals surface area contributed by atoms with Crippen molar-refractivity contribution in [3.05, 3.63) is 53.3 Å². The first-order valence-electron chi connectivity index (χ1n) is 10.5. The maximum atomic E-state index is 5.71. The molecule has 0 amide bonds. The summed E-state index contributed by atoms with van der Waals surface area (Å²) >= 11 is 0. The van der Waals surface area contributed by atoms with Crippen LogP contribution in [0, 0.1) is 6.92 Å². The number of methoxy groups -OCH3 is 1. The minimum absolute atomic E-state index is 0.901. The second-order valence-electron chi connectivity index (χ2n) is 7.71. The van der Waals surface area contributed by atoms with Gasteiger partial charge in [0.05, 0.1) is 7.11 Å². The molecule has 1 saturated heterocycles. The Morgan fingerprint density at radius 2 is 2.03 bits per heavy atom. The molecule has 0 atom stereocenters. The van der Waals surface area contributed by atoms with Gasteiger partial charge < -0.3 is 14.6 Å². The van der Waals surface area contributed by atoms with Gasteiger partial charge in [-0.05, 0) is 44.0 Å². The van der Waals surface area contributed by atoms with Crippen LogP contribution in [0.5, 0.6) is 5.75 Å². The number of H-pyrrole nitrogens is 1. The normalized spacial score (nSPS) is 16.9. The Balaban J connectivity index is 1.67. The van der Waals surface area contributed by atoms with E-state index in [1.807, 2.05) is 13.2 Å². The van der Waals surface area contributed by atoms with E-state index in [1.165, 1.54) is 27.6 Å². The molecule has 1 aromatic carbocycles. The van der Waals surface area contributed by atoms with Crippen molar-refractivity contribution in [3.8, 4) is 5.75 Å². The molecule has 1 N–H and O–H groups in total. The molecule has 29 heavy (non-hydrogen) atoms. The van der Waals surface area contributed by atoms with Gasteiger partial charge in [-0.2, -0.15) is 0 Å². The summed E-state index contributed by atoms with van der Waals surface area (Å²) in [5.74, 6) is 2.04. The third kappa shape index (κ3) is 4.91. The molecule has 1 aliphatic rings. The van der Waals surface area contributed by atoms with Crippen molar-refractivity contribution < 1.29 is 4.74 Å². The molecular formula is C24H34N4O. The highest BCUT2D eigenvalue weighted by molar-refractivity contribution is 5.93. The third-order valence-electron chi connectivity index (χ3n) is 5.82. The van der Waals surface area contributed by atoms with Gasteiger partial charge in [0, 0.05) is 62.4 Å². The quantitative estimate of drug-likeness (QED) is 0.444. The Labute approximate surface area is 174 Å². The van der Waals surface area contributed by atoms with Crippen LogP contribution in [0.1, 0.15) is 31.4 Å². The van der Waals surface area contributed by atoms with Gasteiger partial charge in [-0.1, -0.05) is 24.6 Å². The molecule has 5 nitrogen and oxygen atoms in total. The highest BCUT2D eigenvalue weighted by Crippen LogP contribution is 2.31. The number of ether oxygens (including phenoxy) is 1. The van der Waals surface area contributed by atoms with E-state index in [0.717, 1.165) is 50.7 Å². The molecule has 1 fully saturated rings. The van der Waals surface area contributed by atoms with Gasteiger partial charge in [0.25, 0.3) is 0 Å². The molecule has 156 valence electrons. The lowest BCUT2D eigenvalue weighted by atomic mass is 10.0. The third-order valence-corrected chi connectivity index (χ3v) is 5.82. The summed E-state index contributed by atoms with van der Waals surface area (Å²) in [5.41, 5.74) is 5.08. The first kappa shape index (κ1) is 21.2. The topological polar surface area (TPSA) is 43.9 Å². The van der Waals surface area contributed by atoms with Gasteiger partial charge in [0.15, 0.2) is 0 Å². The fourth-order valence-corrected chi connectivity index (χ4v) is 3.88. The summed E-state index contributed by atoms with van der Waals surface area (Å²) in [6.07, 6.45) is 9.52. The summed E-state index contributed by atoms with van der Waals surface area (Å²) in [4.78, 5) is 12.7. The van der Waals surface area contributed by atoms with E-state index in [-0.39, 0.29) is 0 Å². The molecule has 2 heterocycles. The first-order valence-corrected chi connectivity index (χ1v) is 10.5. The molecule has 0 saturated carbocycles. The molecule has 0 aliphatic carbocycles. The number of piperazine rings is 1. The Kier molecular flexibility index (Phi) is 7.15. The predicted octanol–water partition coefficient (Wildman–Crippen LogP) is 4.54. The predicted molar refractivity (Wildman–Crippen MR) is 123 cm³/mol. The van der Waals surface area contributed by atoms with Gasteiger partial charge in [-0.25, -0.2) is 0 Å². The van der Waals surface area contributed by atoms with Crippen LogP contribution in [-0.2, 0) is 6.54 Å². The van der Waals surface area contributed by atoms with E-state index >= 15 is 0 Å². The van der Waals surface area contributed by atoms with Crippen molar-refractivity contribution >= 4 is 16.7 Å². The molecule has 5 heteroatoms. The SMILES string of the molecule is CC/C(C)=C/C=C\C(=NC)N1CCN(Cc2c(OC)cc(C)c3[nH]ccc23)CC1. The molecule has 1 aliphatic heterocycles. The van der Waals surface area contributed by atoms with Gasteiger partial charge in [0.2, 0.25) is 0 Å². The van der Waals surface area contributed by atoms with E-state index in [0.29, 0.717) is 0 Å². The number of hydrogen-bond donors (Lipinski definition) is 1. The van der Waals surface area contributed by atoms with Crippen molar-refractivity contribution in [2.24, 2.45) is 4.99 Å². The summed E-state index contributed by atoms with van der Waals surface area (Å²) in [6.45, 7) is 11.4. The maximum Gasteiger partial charge on any atom is 0.124 e. The molecular weight excluding hydrogens is 360 g/mol. The summed E-state index contributed by atoms with van der Waals surface area (Å²) < 4.78 is 5.71. The molecule has 0 unspecified atom stereocenters. The van der Waals surface area contributed by atoms with Crippen molar-refractivity contribution in [2.45, 2.75) is 33.7 Å². The van der Waals surface area contributed by atoms with Crippen LogP contribution in [0.25, 0.3) is 10.9 Å². The highest BCUT2D eigenvalue weighted by atomic mass is 16.5. The van der Waals surface area contributed by atoms with E-state index in [4.69, 9.17) is 4.74 Å². The van der Waals surface area contributed by atoms with E-state index in [1.54, 1.807) is 7.11 Å². The van der Waals surface area contributed by atoms with Crippen LogP contribution in [-0.4, -0.2) is 61.0 Å². The number of nitrogens with zero attached hydrogens (tertiary/aromatic N) is 3. The number of rotatable bonds is 6. The minimum Gasteiger partial charge on any atom is -0.496 e. The number of aliphatic imine (C=N–C) groups is 1.